The van der Waals surface area contributed by atoms with Crippen molar-refractivity contribution >= 4 is 5.97 Å². The van der Waals surface area contributed by atoms with E-state index < -0.39 is 11.5 Å². The number of carbonyl (C=O) groups is 1. The molecule has 0 aliphatic carbocycles. The molecule has 1 rings (SSSR count). The zero-order chi connectivity index (χ0) is 15.9. The highest BCUT2D eigenvalue weighted by atomic mass is 16.4. The second-order valence-corrected chi connectivity index (χ2v) is 6.64. The van der Waals surface area contributed by atoms with Gasteiger partial charge in [-0.15, -0.1) is 0 Å². The highest BCUT2D eigenvalue weighted by Crippen LogP contribution is 2.20. The molecule has 21 heavy (non-hydrogen) atoms. The van der Waals surface area contributed by atoms with Crippen LogP contribution in [0.4, 0.5) is 0 Å². The standard InChI is InChI=1S/C16H33N3O2/c1-5-16(15(20)21,17-14(2)3)8-6-10-19-11-7-9-18(4)12-13-19/h14,17H,5-13H2,1-4H3,(H,20,21). The van der Waals surface area contributed by atoms with Crippen molar-refractivity contribution in [1.82, 2.24) is 15.1 Å². The third-order valence-corrected chi connectivity index (χ3v) is 4.47. The Morgan fingerprint density at radius 2 is 2.00 bits per heavy atom. The first-order chi connectivity index (χ1) is 9.89. The summed E-state index contributed by atoms with van der Waals surface area (Å²) in [4.78, 5) is 16.5. The van der Waals surface area contributed by atoms with E-state index in [1.807, 2.05) is 20.8 Å². The smallest absolute Gasteiger partial charge is 0.323 e. The molecule has 5 heteroatoms. The molecular formula is C16H33N3O2. The summed E-state index contributed by atoms with van der Waals surface area (Å²) < 4.78 is 0. The Hall–Kier alpha value is -0.650. The number of aliphatic carboxylic acids is 1. The largest absolute Gasteiger partial charge is 0.480 e. The molecule has 1 fully saturated rings. The molecule has 1 atom stereocenters. The van der Waals surface area contributed by atoms with E-state index in [4.69, 9.17) is 0 Å². The summed E-state index contributed by atoms with van der Waals surface area (Å²) in [6.07, 6.45) is 3.47. The van der Waals surface area contributed by atoms with Crippen molar-refractivity contribution < 1.29 is 9.90 Å². The number of nitrogens with zero attached hydrogens (tertiary/aromatic N) is 2. The Bertz CT molecular complexity index is 323. The summed E-state index contributed by atoms with van der Waals surface area (Å²) in [5, 5.41) is 12.9. The fourth-order valence-electron chi connectivity index (χ4n) is 3.15. The molecule has 0 aromatic heterocycles. The van der Waals surface area contributed by atoms with Crippen molar-refractivity contribution in [2.75, 3.05) is 39.8 Å². The third-order valence-electron chi connectivity index (χ3n) is 4.47. The molecule has 0 bridgehead atoms. The molecule has 0 aromatic carbocycles. The summed E-state index contributed by atoms with van der Waals surface area (Å²) in [6, 6.07) is 0.188. The van der Waals surface area contributed by atoms with Gasteiger partial charge in [0.05, 0.1) is 0 Å². The van der Waals surface area contributed by atoms with E-state index in [1.165, 1.54) is 13.0 Å². The lowest BCUT2D eigenvalue weighted by atomic mass is 9.89. The van der Waals surface area contributed by atoms with Gasteiger partial charge < -0.3 is 14.9 Å². The average molecular weight is 299 g/mol. The Morgan fingerprint density at radius 1 is 1.29 bits per heavy atom. The van der Waals surface area contributed by atoms with Gasteiger partial charge in [0.15, 0.2) is 0 Å². The molecular weight excluding hydrogens is 266 g/mol. The van der Waals surface area contributed by atoms with E-state index in [2.05, 4.69) is 22.2 Å². The lowest BCUT2D eigenvalue weighted by Crippen LogP contribution is -2.54. The highest BCUT2D eigenvalue weighted by Gasteiger charge is 2.36. The van der Waals surface area contributed by atoms with Crippen LogP contribution in [0.3, 0.4) is 0 Å². The van der Waals surface area contributed by atoms with Crippen molar-refractivity contribution in [1.29, 1.82) is 0 Å². The van der Waals surface area contributed by atoms with E-state index >= 15 is 0 Å². The molecule has 5 nitrogen and oxygen atoms in total. The Morgan fingerprint density at radius 3 is 2.57 bits per heavy atom. The van der Waals surface area contributed by atoms with Gasteiger partial charge in [-0.2, -0.15) is 0 Å². The number of nitrogens with one attached hydrogen (secondary N) is 1. The molecule has 1 aliphatic rings. The fraction of sp³-hybridized carbons (Fsp3) is 0.938. The van der Waals surface area contributed by atoms with Crippen LogP contribution in [0.1, 0.15) is 46.5 Å². The predicted molar refractivity (Wildman–Crippen MR) is 86.7 cm³/mol. The van der Waals surface area contributed by atoms with E-state index in [9.17, 15) is 9.90 Å². The summed E-state index contributed by atoms with van der Waals surface area (Å²) in [5.41, 5.74) is -0.767. The topological polar surface area (TPSA) is 55.8 Å². The maximum atomic E-state index is 11.7. The molecule has 1 unspecified atom stereocenters. The number of hydrogen-bond donors (Lipinski definition) is 2. The highest BCUT2D eigenvalue weighted by molar-refractivity contribution is 5.78. The number of carboxylic acid groups (broad SMARTS) is 1. The first kappa shape index (κ1) is 18.4. The first-order valence-corrected chi connectivity index (χ1v) is 8.31. The molecule has 2 N–H and O–H groups in total. The minimum atomic E-state index is -0.767. The molecule has 0 aromatic rings. The Labute approximate surface area is 129 Å². The maximum Gasteiger partial charge on any atom is 0.323 e. The molecule has 0 saturated carbocycles. The number of rotatable bonds is 8. The van der Waals surface area contributed by atoms with Crippen LogP contribution in [0.2, 0.25) is 0 Å². The van der Waals surface area contributed by atoms with Crippen molar-refractivity contribution in [3.63, 3.8) is 0 Å². The van der Waals surface area contributed by atoms with Crippen LogP contribution < -0.4 is 5.32 Å². The number of likely N-dealkylation sites (N-methyl/N-ethyl adjacent to an activating group) is 1. The van der Waals surface area contributed by atoms with Crippen LogP contribution >= 0.6 is 0 Å². The SMILES string of the molecule is CCC(CCCN1CCCN(C)CC1)(NC(C)C)C(=O)O. The summed E-state index contributed by atoms with van der Waals surface area (Å²) in [5.74, 6) is -0.714. The maximum absolute atomic E-state index is 11.7. The zero-order valence-corrected chi connectivity index (χ0v) is 14.2. The second-order valence-electron chi connectivity index (χ2n) is 6.64. The minimum Gasteiger partial charge on any atom is -0.480 e. The van der Waals surface area contributed by atoms with Gasteiger partial charge in [-0.3, -0.25) is 10.1 Å². The Balaban J connectivity index is 2.47. The van der Waals surface area contributed by atoms with E-state index in [0.717, 1.165) is 32.6 Å². The van der Waals surface area contributed by atoms with Crippen molar-refractivity contribution in [2.45, 2.75) is 58.0 Å². The predicted octanol–water partition coefficient (Wildman–Crippen LogP) is 1.64. The van der Waals surface area contributed by atoms with Gasteiger partial charge in [0, 0.05) is 19.1 Å². The van der Waals surface area contributed by atoms with E-state index in [0.29, 0.717) is 12.8 Å². The van der Waals surface area contributed by atoms with Gasteiger partial charge >= 0.3 is 5.97 Å². The van der Waals surface area contributed by atoms with Crippen LogP contribution in [-0.2, 0) is 4.79 Å². The number of carboxylic acids is 1. The molecule has 0 spiro atoms. The first-order valence-electron chi connectivity index (χ1n) is 8.31. The minimum absolute atomic E-state index is 0.188. The monoisotopic (exact) mass is 299 g/mol. The van der Waals surface area contributed by atoms with Crippen LogP contribution in [0.15, 0.2) is 0 Å². The Kier molecular flexibility index (Phi) is 7.63. The van der Waals surface area contributed by atoms with Crippen molar-refractivity contribution in [3.05, 3.63) is 0 Å². The van der Waals surface area contributed by atoms with Crippen LogP contribution in [0.25, 0.3) is 0 Å². The molecule has 1 heterocycles. The lowest BCUT2D eigenvalue weighted by molar-refractivity contribution is -0.145. The summed E-state index contributed by atoms with van der Waals surface area (Å²) >= 11 is 0. The molecule has 0 amide bonds. The van der Waals surface area contributed by atoms with Crippen molar-refractivity contribution in [3.8, 4) is 0 Å². The van der Waals surface area contributed by atoms with Crippen LogP contribution in [-0.4, -0.2) is 72.2 Å². The van der Waals surface area contributed by atoms with Gasteiger partial charge in [0.1, 0.15) is 5.54 Å². The molecule has 0 radical (unpaired) electrons. The normalized spacial score (nSPS) is 21.2. The summed E-state index contributed by atoms with van der Waals surface area (Å²) in [6.45, 7) is 11.5. The fourth-order valence-corrected chi connectivity index (χ4v) is 3.15. The molecule has 1 saturated heterocycles. The van der Waals surface area contributed by atoms with Gasteiger partial charge in [0.2, 0.25) is 0 Å². The second kappa shape index (κ2) is 8.71. The zero-order valence-electron chi connectivity index (χ0n) is 14.2. The van der Waals surface area contributed by atoms with Gasteiger partial charge in [0.25, 0.3) is 0 Å². The van der Waals surface area contributed by atoms with Gasteiger partial charge in [-0.05, 0) is 66.2 Å². The molecule has 1 aliphatic heterocycles. The van der Waals surface area contributed by atoms with Crippen molar-refractivity contribution in [2.24, 2.45) is 0 Å². The van der Waals surface area contributed by atoms with Crippen LogP contribution in [0, 0.1) is 0 Å². The summed E-state index contributed by atoms with van der Waals surface area (Å²) in [7, 11) is 2.17. The van der Waals surface area contributed by atoms with E-state index in [1.54, 1.807) is 0 Å². The lowest BCUT2D eigenvalue weighted by Gasteiger charge is -2.32. The van der Waals surface area contributed by atoms with E-state index in [-0.39, 0.29) is 6.04 Å². The molecule has 124 valence electrons. The number of hydrogen-bond acceptors (Lipinski definition) is 4. The quantitative estimate of drug-likeness (QED) is 0.713. The average Bonchev–Trinajstić information content (AvgIpc) is 2.62. The van der Waals surface area contributed by atoms with Gasteiger partial charge in [-0.1, -0.05) is 6.92 Å². The third kappa shape index (κ3) is 5.93. The van der Waals surface area contributed by atoms with Crippen LogP contribution in [0.5, 0.6) is 0 Å². The van der Waals surface area contributed by atoms with Gasteiger partial charge in [-0.25, -0.2) is 0 Å².